The van der Waals surface area contributed by atoms with Crippen LogP contribution in [0.4, 0.5) is 12.9 Å². The van der Waals surface area contributed by atoms with Gasteiger partial charge in [-0.15, -0.1) is 0 Å². The third-order valence-corrected chi connectivity index (χ3v) is 1.66. The van der Waals surface area contributed by atoms with Crippen molar-refractivity contribution in [3.63, 3.8) is 0 Å². The summed E-state index contributed by atoms with van der Waals surface area (Å²) in [5, 5.41) is 0. The van der Waals surface area contributed by atoms with Gasteiger partial charge >= 0.3 is 58.4 Å². The van der Waals surface area contributed by atoms with E-state index >= 15 is 0 Å². The Bertz CT molecular complexity index is 441. The van der Waals surface area contributed by atoms with Gasteiger partial charge in [-0.05, 0) is 6.20 Å². The second-order valence-corrected chi connectivity index (χ2v) is 2.62. The molecule has 0 aliphatic carbocycles. The van der Waals surface area contributed by atoms with Crippen molar-refractivity contribution in [2.45, 2.75) is 0 Å². The summed E-state index contributed by atoms with van der Waals surface area (Å²) in [7, 11) is 0. The molecule has 0 N–H and O–H groups in total. The molecule has 0 fully saturated rings. The molecule has 0 aromatic carbocycles. The monoisotopic (exact) mass is 225 g/mol. The van der Waals surface area contributed by atoms with E-state index in [-0.39, 0.29) is 51.4 Å². The van der Waals surface area contributed by atoms with Gasteiger partial charge in [0.05, 0.1) is 6.20 Å². The summed E-state index contributed by atoms with van der Waals surface area (Å²) >= 11 is 0. The first-order valence-electron chi connectivity index (χ1n) is 3.55. The average Bonchev–Trinajstić information content (AvgIpc) is 2.47. The van der Waals surface area contributed by atoms with E-state index in [2.05, 4.69) is 9.97 Å². The predicted octanol–water partition coefficient (Wildman–Crippen LogP) is -2.21. The first-order valence-corrected chi connectivity index (χ1v) is 3.55. The molecule has 2 aromatic rings. The van der Waals surface area contributed by atoms with Gasteiger partial charge in [0, 0.05) is 6.20 Å². The van der Waals surface area contributed by atoms with E-state index in [0.717, 1.165) is 12.4 Å². The Labute approximate surface area is 120 Å². The molecule has 0 amide bonds. The molecule has 8 heteroatoms. The van der Waals surface area contributed by atoms with Crippen LogP contribution >= 0.6 is 0 Å². The number of imidazole rings is 1. The number of fused-ring (bicyclic) bond motifs is 1. The van der Waals surface area contributed by atoms with Crippen molar-refractivity contribution in [2.24, 2.45) is 0 Å². The van der Waals surface area contributed by atoms with Crippen molar-refractivity contribution in [1.82, 2.24) is 14.4 Å². The zero-order chi connectivity index (χ0) is 9.47. The van der Waals surface area contributed by atoms with Crippen molar-refractivity contribution in [3.8, 4) is 0 Å². The Hall–Kier alpha value is 0.111. The number of hydrogen-bond donors (Lipinski definition) is 0. The molecular weight excluding hydrogens is 221 g/mol. The molecular formula is C6H4BF3KN3. The van der Waals surface area contributed by atoms with E-state index in [1.54, 1.807) is 0 Å². The summed E-state index contributed by atoms with van der Waals surface area (Å²) in [5.41, 5.74) is -0.311. The molecule has 0 aliphatic heterocycles. The molecule has 0 radical (unpaired) electrons. The van der Waals surface area contributed by atoms with Crippen LogP contribution < -0.4 is 56.8 Å². The second-order valence-electron chi connectivity index (χ2n) is 2.62. The molecule has 2 rings (SSSR count). The van der Waals surface area contributed by atoms with Crippen LogP contribution in [0.2, 0.25) is 0 Å². The molecule has 68 valence electrons. The second kappa shape index (κ2) is 4.32. The predicted molar refractivity (Wildman–Crippen MR) is 41.7 cm³/mol. The number of aromatic nitrogens is 3. The van der Waals surface area contributed by atoms with Crippen LogP contribution in [0.1, 0.15) is 0 Å². The van der Waals surface area contributed by atoms with E-state index in [4.69, 9.17) is 0 Å². The van der Waals surface area contributed by atoms with Gasteiger partial charge in [0.2, 0.25) is 0 Å². The molecule has 0 unspecified atom stereocenters. The fourth-order valence-electron chi connectivity index (χ4n) is 1.00. The molecule has 0 saturated carbocycles. The molecule has 0 atom stereocenters. The maximum absolute atomic E-state index is 12.2. The summed E-state index contributed by atoms with van der Waals surface area (Å²) < 4.78 is 37.9. The average molecular weight is 225 g/mol. The summed E-state index contributed by atoms with van der Waals surface area (Å²) in [6.07, 6.45) is 4.48. The minimum atomic E-state index is -4.98. The van der Waals surface area contributed by atoms with Crippen LogP contribution in [0.25, 0.3) is 5.65 Å². The summed E-state index contributed by atoms with van der Waals surface area (Å²) in [5.74, 6) is 0. The fourth-order valence-corrected chi connectivity index (χ4v) is 1.00. The van der Waals surface area contributed by atoms with E-state index in [0.29, 0.717) is 5.65 Å². The van der Waals surface area contributed by atoms with Gasteiger partial charge in [0.25, 0.3) is 0 Å². The molecule has 0 bridgehead atoms. The third-order valence-electron chi connectivity index (χ3n) is 1.66. The third kappa shape index (κ3) is 2.37. The maximum Gasteiger partial charge on any atom is 1.00 e. The van der Waals surface area contributed by atoms with E-state index in [9.17, 15) is 12.9 Å². The van der Waals surface area contributed by atoms with Crippen LogP contribution in [-0.2, 0) is 0 Å². The molecule has 2 aromatic heterocycles. The molecule has 3 nitrogen and oxygen atoms in total. The van der Waals surface area contributed by atoms with E-state index in [1.165, 1.54) is 16.9 Å². The Morgan fingerprint density at radius 2 is 1.93 bits per heavy atom. The van der Waals surface area contributed by atoms with Crippen molar-refractivity contribution in [2.75, 3.05) is 0 Å². The van der Waals surface area contributed by atoms with Crippen LogP contribution in [-0.4, -0.2) is 21.3 Å². The van der Waals surface area contributed by atoms with Gasteiger partial charge in [-0.25, -0.2) is 9.97 Å². The first-order chi connectivity index (χ1) is 6.07. The zero-order valence-electron chi connectivity index (χ0n) is 7.36. The summed E-state index contributed by atoms with van der Waals surface area (Å²) in [4.78, 5) is 7.27. The smallest absolute Gasteiger partial charge is 0.445 e. The minimum Gasteiger partial charge on any atom is -0.445 e. The number of hydrogen-bond acceptors (Lipinski definition) is 2. The van der Waals surface area contributed by atoms with Crippen molar-refractivity contribution in [1.29, 1.82) is 0 Å². The molecule has 0 aliphatic rings. The standard InChI is InChI=1S/C6H4BF3N3.K/c8-7(9,10)5-1-12-6-2-11-4-13(6)3-5;/h1-4H;/q-1;+1. The van der Waals surface area contributed by atoms with Crippen LogP contribution in [0.5, 0.6) is 0 Å². The largest absolute Gasteiger partial charge is 1.00 e. The van der Waals surface area contributed by atoms with Gasteiger partial charge in [0.1, 0.15) is 6.33 Å². The molecule has 2 heterocycles. The van der Waals surface area contributed by atoms with Gasteiger partial charge in [-0.3, -0.25) is 4.40 Å². The number of halogens is 3. The normalized spacial score (nSPS) is 11.4. The molecule has 14 heavy (non-hydrogen) atoms. The van der Waals surface area contributed by atoms with Gasteiger partial charge in [-0.2, -0.15) is 0 Å². The van der Waals surface area contributed by atoms with E-state index < -0.39 is 12.4 Å². The summed E-state index contributed by atoms with van der Waals surface area (Å²) in [6.45, 7) is -4.98. The van der Waals surface area contributed by atoms with Crippen molar-refractivity contribution in [3.05, 3.63) is 24.9 Å². The topological polar surface area (TPSA) is 30.2 Å². The summed E-state index contributed by atoms with van der Waals surface area (Å²) in [6, 6.07) is 0. The van der Waals surface area contributed by atoms with Crippen molar-refractivity contribution >= 4 is 18.1 Å². The van der Waals surface area contributed by atoms with Gasteiger partial charge in [0.15, 0.2) is 5.65 Å². The Kier molecular flexibility index (Phi) is 3.75. The number of nitrogens with zero attached hydrogens (tertiary/aromatic N) is 3. The fraction of sp³-hybridized carbons (Fsp3) is 0. The quantitative estimate of drug-likeness (QED) is 0.515. The maximum atomic E-state index is 12.2. The van der Waals surface area contributed by atoms with Gasteiger partial charge < -0.3 is 12.9 Å². The SMILES string of the molecule is F[B-](F)(F)c1cnc2cncn2c1.[K+]. The van der Waals surface area contributed by atoms with E-state index in [1.807, 2.05) is 0 Å². The Morgan fingerprint density at radius 3 is 2.57 bits per heavy atom. The number of rotatable bonds is 1. The molecule has 0 spiro atoms. The van der Waals surface area contributed by atoms with Crippen LogP contribution in [0.15, 0.2) is 24.9 Å². The first kappa shape index (κ1) is 12.2. The Balaban J connectivity index is 0.000000980. The minimum absolute atomic E-state index is 0. The van der Waals surface area contributed by atoms with Crippen LogP contribution in [0.3, 0.4) is 0 Å². The van der Waals surface area contributed by atoms with Crippen molar-refractivity contribution < 1.29 is 64.3 Å². The molecule has 0 saturated heterocycles. The van der Waals surface area contributed by atoms with Crippen LogP contribution in [0, 0.1) is 0 Å². The van der Waals surface area contributed by atoms with Gasteiger partial charge in [-0.1, -0.05) is 5.46 Å². The zero-order valence-corrected chi connectivity index (χ0v) is 10.5. The Morgan fingerprint density at radius 1 is 1.21 bits per heavy atom.